The van der Waals surface area contributed by atoms with E-state index in [-0.39, 0.29) is 5.91 Å². The molecule has 3 aromatic carbocycles. The van der Waals surface area contributed by atoms with Crippen molar-refractivity contribution in [2.24, 2.45) is 0 Å². The highest BCUT2D eigenvalue weighted by atomic mass is 32.1. The van der Waals surface area contributed by atoms with Gasteiger partial charge in [-0.2, -0.15) is 0 Å². The number of fused-ring (bicyclic) bond motifs is 1. The zero-order chi connectivity index (χ0) is 27.5. The van der Waals surface area contributed by atoms with E-state index in [0.717, 1.165) is 31.1 Å². The Morgan fingerprint density at radius 1 is 0.872 bits per heavy atom. The molecule has 5 rings (SSSR count). The van der Waals surface area contributed by atoms with Gasteiger partial charge in [0.1, 0.15) is 24.7 Å². The van der Waals surface area contributed by atoms with Gasteiger partial charge in [0.15, 0.2) is 0 Å². The Hall–Kier alpha value is -3.35. The topological polar surface area (TPSA) is 50.8 Å². The van der Waals surface area contributed by atoms with Crippen molar-refractivity contribution in [1.82, 2.24) is 10.2 Å². The molecule has 1 amide bonds. The van der Waals surface area contributed by atoms with Crippen LogP contribution in [-0.2, 0) is 11.2 Å². The van der Waals surface area contributed by atoms with Crippen molar-refractivity contribution in [3.8, 4) is 21.9 Å². The number of nitrogens with one attached hydrogen (secondary N) is 1. The van der Waals surface area contributed by atoms with Gasteiger partial charge < -0.3 is 14.8 Å². The molecular formula is C33H40N2O3S. The van der Waals surface area contributed by atoms with Crippen LogP contribution in [0.3, 0.4) is 0 Å². The van der Waals surface area contributed by atoms with Gasteiger partial charge in [-0.15, -0.1) is 11.3 Å². The summed E-state index contributed by atoms with van der Waals surface area (Å²) in [5.74, 6) is 1.69. The normalized spacial score (nSPS) is 13.1. The van der Waals surface area contributed by atoms with E-state index in [1.807, 2.05) is 37.3 Å². The van der Waals surface area contributed by atoms with Crippen LogP contribution in [-0.4, -0.2) is 50.2 Å². The van der Waals surface area contributed by atoms with Crippen LogP contribution < -0.4 is 14.8 Å². The lowest BCUT2D eigenvalue weighted by Crippen LogP contribution is -2.25. The Bertz CT molecular complexity index is 1310. The minimum atomic E-state index is -0.0454. The molecule has 0 saturated carbocycles. The summed E-state index contributed by atoms with van der Waals surface area (Å²) >= 11 is 1.84. The van der Waals surface area contributed by atoms with Gasteiger partial charge in [0, 0.05) is 23.0 Å². The lowest BCUT2D eigenvalue weighted by atomic mass is 9.99. The molecule has 1 aliphatic rings. The van der Waals surface area contributed by atoms with Gasteiger partial charge in [-0.25, -0.2) is 0 Å². The van der Waals surface area contributed by atoms with Gasteiger partial charge in [0.05, 0.1) is 6.54 Å². The first-order chi connectivity index (χ1) is 19.2. The van der Waals surface area contributed by atoms with Gasteiger partial charge in [-0.3, -0.25) is 9.69 Å². The zero-order valence-corrected chi connectivity index (χ0v) is 24.2. The molecule has 0 spiro atoms. The highest BCUT2D eigenvalue weighted by Crippen LogP contribution is 2.40. The highest BCUT2D eigenvalue weighted by Gasteiger charge is 2.15. The number of carbonyl (C=O) groups excluding carboxylic acids is 1. The number of hydrogen-bond donors (Lipinski definition) is 1. The van der Waals surface area contributed by atoms with Crippen LogP contribution in [0.15, 0.2) is 72.8 Å². The summed E-state index contributed by atoms with van der Waals surface area (Å²) in [6, 6.07) is 25.5. The van der Waals surface area contributed by atoms with E-state index in [9.17, 15) is 4.79 Å². The number of rotatable bonds is 11. The molecule has 0 bridgehead atoms. The van der Waals surface area contributed by atoms with E-state index in [1.54, 1.807) is 0 Å². The third-order valence-electron chi connectivity index (χ3n) is 6.74. The van der Waals surface area contributed by atoms with Crippen LogP contribution in [0.5, 0.6) is 11.5 Å². The SMILES string of the molecule is CC.CC(=O)NCCOc1ccc(-c2sc3ccccc3c2Cc2ccc(OCCN3CCCC3)cc2)cc1. The maximum Gasteiger partial charge on any atom is 0.216 e. The first-order valence-corrected chi connectivity index (χ1v) is 14.9. The summed E-state index contributed by atoms with van der Waals surface area (Å²) in [6.45, 7) is 10.6. The molecule has 206 valence electrons. The second kappa shape index (κ2) is 14.7. The maximum atomic E-state index is 11.0. The summed E-state index contributed by atoms with van der Waals surface area (Å²) in [5, 5.41) is 4.06. The molecule has 1 aromatic heterocycles. The predicted molar refractivity (Wildman–Crippen MR) is 163 cm³/mol. The van der Waals surface area contributed by atoms with Crippen LogP contribution in [0.25, 0.3) is 20.5 Å². The molecule has 39 heavy (non-hydrogen) atoms. The lowest BCUT2D eigenvalue weighted by Gasteiger charge is -2.15. The van der Waals surface area contributed by atoms with E-state index in [1.165, 1.54) is 64.5 Å². The van der Waals surface area contributed by atoms with Gasteiger partial charge in [-0.05, 0) is 96.9 Å². The average Bonchev–Trinajstić information content (AvgIpc) is 3.62. The fourth-order valence-electron chi connectivity index (χ4n) is 4.81. The quantitative estimate of drug-likeness (QED) is 0.203. The molecule has 4 aromatic rings. The maximum absolute atomic E-state index is 11.0. The molecule has 0 aliphatic carbocycles. The number of ether oxygens (including phenoxy) is 2. The number of nitrogens with zero attached hydrogens (tertiary/aromatic N) is 1. The van der Waals surface area contributed by atoms with E-state index < -0.39 is 0 Å². The summed E-state index contributed by atoms with van der Waals surface area (Å²) in [5.41, 5.74) is 3.81. The molecular weight excluding hydrogens is 504 g/mol. The van der Waals surface area contributed by atoms with Gasteiger partial charge in [0.2, 0.25) is 5.91 Å². The fourth-order valence-corrected chi connectivity index (χ4v) is 6.04. The molecule has 1 N–H and O–H groups in total. The third kappa shape index (κ3) is 8.07. The predicted octanol–water partition coefficient (Wildman–Crippen LogP) is 7.17. The van der Waals surface area contributed by atoms with Gasteiger partial charge in [0.25, 0.3) is 0 Å². The van der Waals surface area contributed by atoms with Crippen LogP contribution in [0.4, 0.5) is 0 Å². The minimum absolute atomic E-state index is 0.0454. The molecule has 0 radical (unpaired) electrons. The molecule has 1 saturated heterocycles. The largest absolute Gasteiger partial charge is 0.492 e. The summed E-state index contributed by atoms with van der Waals surface area (Å²) in [7, 11) is 0. The second-order valence-electron chi connectivity index (χ2n) is 9.48. The first-order valence-electron chi connectivity index (χ1n) is 14.1. The molecule has 2 heterocycles. The van der Waals surface area contributed by atoms with Crippen molar-refractivity contribution >= 4 is 27.3 Å². The second-order valence-corrected chi connectivity index (χ2v) is 10.5. The van der Waals surface area contributed by atoms with Crippen molar-refractivity contribution in [2.45, 2.75) is 40.0 Å². The monoisotopic (exact) mass is 544 g/mol. The number of carbonyl (C=O) groups is 1. The molecule has 0 atom stereocenters. The fraction of sp³-hybridized carbons (Fsp3) is 0.364. The zero-order valence-electron chi connectivity index (χ0n) is 23.4. The summed E-state index contributed by atoms with van der Waals surface area (Å²) < 4.78 is 13.1. The minimum Gasteiger partial charge on any atom is -0.492 e. The lowest BCUT2D eigenvalue weighted by molar-refractivity contribution is -0.119. The Balaban J connectivity index is 0.00000172. The number of likely N-dealkylation sites (tertiary alicyclic amines) is 1. The third-order valence-corrected chi connectivity index (χ3v) is 8.00. The average molecular weight is 545 g/mol. The van der Waals surface area contributed by atoms with Crippen molar-refractivity contribution in [1.29, 1.82) is 0 Å². The van der Waals surface area contributed by atoms with Crippen molar-refractivity contribution < 1.29 is 14.3 Å². The standard InChI is InChI=1S/C31H34N2O3S.C2H6/c1-23(34)32-16-20-35-27-14-10-25(11-15-27)31-29(28-6-2-3-7-30(28)37-31)22-24-8-12-26(13-9-24)36-21-19-33-17-4-5-18-33;1-2/h2-3,6-15H,4-5,16-22H2,1H3,(H,32,34);1-2H3. The number of thiophene rings is 1. The van der Waals surface area contributed by atoms with Crippen LogP contribution in [0.1, 0.15) is 44.7 Å². The Morgan fingerprint density at radius 3 is 2.21 bits per heavy atom. The van der Waals surface area contributed by atoms with Crippen LogP contribution in [0.2, 0.25) is 0 Å². The molecule has 1 fully saturated rings. The number of hydrogen-bond acceptors (Lipinski definition) is 5. The van der Waals surface area contributed by atoms with Crippen LogP contribution in [0, 0.1) is 0 Å². The van der Waals surface area contributed by atoms with E-state index >= 15 is 0 Å². The van der Waals surface area contributed by atoms with E-state index in [2.05, 4.69) is 70.9 Å². The number of benzene rings is 3. The van der Waals surface area contributed by atoms with E-state index in [0.29, 0.717) is 13.2 Å². The first kappa shape index (κ1) is 28.7. The van der Waals surface area contributed by atoms with E-state index in [4.69, 9.17) is 9.47 Å². The summed E-state index contributed by atoms with van der Waals surface area (Å²) in [4.78, 5) is 14.8. The Labute approximate surface area is 236 Å². The Morgan fingerprint density at radius 2 is 1.51 bits per heavy atom. The molecule has 5 nitrogen and oxygen atoms in total. The van der Waals surface area contributed by atoms with Crippen molar-refractivity contribution in [3.63, 3.8) is 0 Å². The molecule has 1 aliphatic heterocycles. The smallest absolute Gasteiger partial charge is 0.216 e. The summed E-state index contributed by atoms with van der Waals surface area (Å²) in [6.07, 6.45) is 3.49. The molecule has 6 heteroatoms. The van der Waals surface area contributed by atoms with Crippen LogP contribution >= 0.6 is 11.3 Å². The van der Waals surface area contributed by atoms with Gasteiger partial charge in [-0.1, -0.05) is 44.2 Å². The van der Waals surface area contributed by atoms with Crippen molar-refractivity contribution in [3.05, 3.63) is 83.9 Å². The molecule has 0 unspecified atom stereocenters. The number of amides is 1. The Kier molecular flexibility index (Phi) is 10.8. The highest BCUT2D eigenvalue weighted by molar-refractivity contribution is 7.22. The van der Waals surface area contributed by atoms with Gasteiger partial charge >= 0.3 is 0 Å². The van der Waals surface area contributed by atoms with Crippen molar-refractivity contribution in [2.75, 3.05) is 39.4 Å².